The molecule has 1 aromatic heterocycles. The van der Waals surface area contributed by atoms with Crippen LogP contribution in [0, 0.1) is 0 Å². The second-order valence-electron chi connectivity index (χ2n) is 4.34. The predicted molar refractivity (Wildman–Crippen MR) is 89.2 cm³/mol. The second-order valence-corrected chi connectivity index (χ2v) is 6.75. The van der Waals surface area contributed by atoms with E-state index in [9.17, 15) is 0 Å². The maximum Gasteiger partial charge on any atom is 0.0413 e. The van der Waals surface area contributed by atoms with E-state index in [1.165, 1.54) is 9.75 Å². The molecule has 0 radical (unpaired) electrons. The van der Waals surface area contributed by atoms with Crippen LogP contribution in [0.1, 0.15) is 31.2 Å². The zero-order chi connectivity index (χ0) is 13.8. The molecule has 0 amide bonds. The molecule has 0 saturated carbocycles. The van der Waals surface area contributed by atoms with E-state index in [4.69, 9.17) is 11.6 Å². The van der Waals surface area contributed by atoms with Crippen molar-refractivity contribution in [3.05, 3.63) is 44.7 Å². The lowest BCUT2D eigenvalue weighted by atomic mass is 10.1. The lowest BCUT2D eigenvalue weighted by Gasteiger charge is -2.13. The minimum absolute atomic E-state index is 0.446. The van der Waals surface area contributed by atoms with Gasteiger partial charge in [0.1, 0.15) is 0 Å². The van der Waals surface area contributed by atoms with Crippen LogP contribution in [0.3, 0.4) is 0 Å². The first-order valence-electron chi connectivity index (χ1n) is 6.44. The van der Waals surface area contributed by atoms with Crippen LogP contribution in [-0.2, 0) is 0 Å². The van der Waals surface area contributed by atoms with E-state index in [1.807, 2.05) is 29.5 Å². The monoisotopic (exact) mass is 357 g/mol. The number of rotatable bonds is 5. The molecule has 2 aromatic rings. The maximum absolute atomic E-state index is 6.08. The summed E-state index contributed by atoms with van der Waals surface area (Å²) in [7, 11) is 0. The Bertz CT molecular complexity index is 553. The summed E-state index contributed by atoms with van der Waals surface area (Å²) in [4.78, 5) is 2.63. The van der Waals surface area contributed by atoms with Crippen molar-refractivity contribution in [1.29, 1.82) is 0 Å². The van der Waals surface area contributed by atoms with Gasteiger partial charge in [-0.3, -0.25) is 0 Å². The number of hydrogen-bond donors (Lipinski definition) is 1. The van der Waals surface area contributed by atoms with Crippen LogP contribution in [0.2, 0.25) is 5.02 Å². The first kappa shape index (κ1) is 15.0. The summed E-state index contributed by atoms with van der Waals surface area (Å²) in [5, 5.41) is 4.28. The highest BCUT2D eigenvalue weighted by atomic mass is 79.9. The third kappa shape index (κ3) is 3.60. The third-order valence-electron chi connectivity index (χ3n) is 3.02. The number of benzene rings is 1. The molecule has 0 aliphatic rings. The minimum Gasteiger partial charge on any atom is -0.310 e. The molecule has 102 valence electrons. The molecule has 1 nitrogen and oxygen atoms in total. The van der Waals surface area contributed by atoms with Crippen molar-refractivity contribution in [3.8, 4) is 10.4 Å². The molecule has 0 saturated heterocycles. The van der Waals surface area contributed by atoms with Crippen LogP contribution in [-0.4, -0.2) is 6.54 Å². The van der Waals surface area contributed by atoms with Crippen LogP contribution in [0.5, 0.6) is 0 Å². The fourth-order valence-corrected chi connectivity index (χ4v) is 4.02. The molecule has 0 aliphatic heterocycles. The van der Waals surface area contributed by atoms with Crippen molar-refractivity contribution in [3.63, 3.8) is 0 Å². The van der Waals surface area contributed by atoms with Crippen molar-refractivity contribution in [2.45, 2.75) is 26.3 Å². The largest absolute Gasteiger partial charge is 0.310 e. The molecular weight excluding hydrogens is 342 g/mol. The molecule has 1 unspecified atom stereocenters. The van der Waals surface area contributed by atoms with E-state index >= 15 is 0 Å². The van der Waals surface area contributed by atoms with Crippen molar-refractivity contribution in [2.75, 3.05) is 6.54 Å². The predicted octanol–water partition coefficient (Wildman–Crippen LogP) is 5.89. The van der Waals surface area contributed by atoms with Gasteiger partial charge in [0.2, 0.25) is 0 Å². The Morgan fingerprint density at radius 1 is 1.26 bits per heavy atom. The Morgan fingerprint density at radius 3 is 2.74 bits per heavy atom. The van der Waals surface area contributed by atoms with Crippen LogP contribution < -0.4 is 5.32 Å². The van der Waals surface area contributed by atoms with Gasteiger partial charge in [-0.1, -0.05) is 41.4 Å². The Hall–Kier alpha value is -0.350. The number of nitrogens with one attached hydrogen (secondary N) is 1. The zero-order valence-electron chi connectivity index (χ0n) is 11.0. The molecule has 1 aromatic carbocycles. The molecule has 1 atom stereocenters. The molecular formula is C15H17BrClNS. The van der Waals surface area contributed by atoms with Crippen molar-refractivity contribution in [2.24, 2.45) is 0 Å². The molecule has 0 fully saturated rings. The van der Waals surface area contributed by atoms with E-state index in [0.717, 1.165) is 28.0 Å². The number of halogens is 2. The van der Waals surface area contributed by atoms with Gasteiger partial charge in [0.05, 0.1) is 0 Å². The zero-order valence-corrected chi connectivity index (χ0v) is 14.2. The average Bonchev–Trinajstić information content (AvgIpc) is 2.88. The van der Waals surface area contributed by atoms with E-state index < -0.39 is 0 Å². The normalized spacial score (nSPS) is 12.6. The summed E-state index contributed by atoms with van der Waals surface area (Å²) in [5.74, 6) is 0. The van der Waals surface area contributed by atoms with E-state index in [-0.39, 0.29) is 0 Å². The molecule has 4 heteroatoms. The van der Waals surface area contributed by atoms with Gasteiger partial charge in [-0.2, -0.15) is 0 Å². The first-order valence-corrected chi connectivity index (χ1v) is 8.43. The van der Waals surface area contributed by atoms with Crippen LogP contribution in [0.25, 0.3) is 10.4 Å². The van der Waals surface area contributed by atoms with Gasteiger partial charge < -0.3 is 5.32 Å². The molecule has 0 bridgehead atoms. The molecule has 1 heterocycles. The molecule has 1 N–H and O–H groups in total. The van der Waals surface area contributed by atoms with E-state index in [0.29, 0.717) is 6.04 Å². The third-order valence-corrected chi connectivity index (χ3v) is 5.18. The van der Waals surface area contributed by atoms with E-state index in [1.54, 1.807) is 0 Å². The Kier molecular flexibility index (Phi) is 5.46. The van der Waals surface area contributed by atoms with Crippen molar-refractivity contribution in [1.82, 2.24) is 5.32 Å². The van der Waals surface area contributed by atoms with Crippen LogP contribution >= 0.6 is 38.9 Å². The topological polar surface area (TPSA) is 12.0 Å². The Balaban J connectivity index is 2.32. The summed E-state index contributed by atoms with van der Waals surface area (Å²) in [5.41, 5.74) is 1.16. The second kappa shape index (κ2) is 6.89. The van der Waals surface area contributed by atoms with Gasteiger partial charge in [0.15, 0.2) is 0 Å². The molecule has 0 spiro atoms. The molecule has 0 aliphatic carbocycles. The minimum atomic E-state index is 0.446. The Morgan fingerprint density at radius 2 is 2.05 bits per heavy atom. The maximum atomic E-state index is 6.08. The standard InChI is InChI=1S/C15H17BrClNS/c1-3-13(18-4-2)15-8-7-14(19-15)11-9-10(17)5-6-12(11)16/h5-9,13,18H,3-4H2,1-2H3. The van der Waals surface area contributed by atoms with Crippen molar-refractivity contribution < 1.29 is 0 Å². The lowest BCUT2D eigenvalue weighted by Crippen LogP contribution is -2.18. The van der Waals surface area contributed by atoms with Crippen LogP contribution in [0.4, 0.5) is 0 Å². The first-order chi connectivity index (χ1) is 9.15. The Labute approximate surface area is 132 Å². The highest BCUT2D eigenvalue weighted by molar-refractivity contribution is 9.10. The fourth-order valence-electron chi connectivity index (χ4n) is 2.06. The quantitative estimate of drug-likeness (QED) is 0.702. The number of hydrogen-bond acceptors (Lipinski definition) is 2. The van der Waals surface area contributed by atoms with Gasteiger partial charge >= 0.3 is 0 Å². The highest BCUT2D eigenvalue weighted by Crippen LogP contribution is 2.37. The fraction of sp³-hybridized carbons (Fsp3) is 0.333. The molecule has 19 heavy (non-hydrogen) atoms. The average molecular weight is 359 g/mol. The van der Waals surface area contributed by atoms with Gasteiger partial charge in [-0.15, -0.1) is 11.3 Å². The summed E-state index contributed by atoms with van der Waals surface area (Å²) < 4.78 is 1.08. The van der Waals surface area contributed by atoms with Crippen LogP contribution in [0.15, 0.2) is 34.8 Å². The summed E-state index contributed by atoms with van der Waals surface area (Å²) in [6.45, 7) is 5.35. The lowest BCUT2D eigenvalue weighted by molar-refractivity contribution is 0.545. The summed E-state index contributed by atoms with van der Waals surface area (Å²) in [6.07, 6.45) is 1.10. The summed E-state index contributed by atoms with van der Waals surface area (Å²) >= 11 is 11.5. The SMILES string of the molecule is CCNC(CC)c1ccc(-c2cc(Cl)ccc2Br)s1. The smallest absolute Gasteiger partial charge is 0.0413 e. The summed E-state index contributed by atoms with van der Waals surface area (Å²) in [6, 6.07) is 10.7. The van der Waals surface area contributed by atoms with Gasteiger partial charge in [0.25, 0.3) is 0 Å². The van der Waals surface area contributed by atoms with Crippen molar-refractivity contribution >= 4 is 38.9 Å². The van der Waals surface area contributed by atoms with Gasteiger partial charge in [-0.05, 0) is 43.3 Å². The van der Waals surface area contributed by atoms with E-state index in [2.05, 4.69) is 47.2 Å². The highest BCUT2D eigenvalue weighted by Gasteiger charge is 2.13. The molecule has 2 rings (SSSR count). The van der Waals surface area contributed by atoms with Gasteiger partial charge in [-0.25, -0.2) is 0 Å². The number of thiophene rings is 1. The van der Waals surface area contributed by atoms with Gasteiger partial charge in [0, 0.05) is 30.9 Å².